The van der Waals surface area contributed by atoms with E-state index in [-0.39, 0.29) is 0 Å². The summed E-state index contributed by atoms with van der Waals surface area (Å²) >= 11 is 0. The topological polar surface area (TPSA) is 18.5 Å². The first-order valence-corrected chi connectivity index (χ1v) is 8.51. The lowest BCUT2D eigenvalue weighted by atomic mass is 10.0. The van der Waals surface area contributed by atoms with E-state index in [1.54, 1.807) is 0 Å². The molecule has 0 saturated carbocycles. The van der Waals surface area contributed by atoms with Gasteiger partial charge in [0.15, 0.2) is 0 Å². The van der Waals surface area contributed by atoms with E-state index in [9.17, 15) is 0 Å². The maximum absolute atomic E-state index is 3.69. The minimum absolute atomic E-state index is 0.590. The van der Waals surface area contributed by atoms with Crippen LogP contribution in [0.1, 0.15) is 18.4 Å². The van der Waals surface area contributed by atoms with Gasteiger partial charge in [0, 0.05) is 51.1 Å². The minimum Gasteiger partial charge on any atom is -0.382 e. The summed E-state index contributed by atoms with van der Waals surface area (Å²) < 4.78 is 0. The van der Waals surface area contributed by atoms with Crippen molar-refractivity contribution in [2.45, 2.75) is 25.4 Å². The highest BCUT2D eigenvalue weighted by Crippen LogP contribution is 2.20. The zero-order valence-corrected chi connectivity index (χ0v) is 14.2. The van der Waals surface area contributed by atoms with Crippen molar-refractivity contribution >= 4 is 11.4 Å². The number of rotatable bonds is 5. The second-order valence-corrected chi connectivity index (χ2v) is 6.62. The Morgan fingerprint density at radius 1 is 0.957 bits per heavy atom. The van der Waals surface area contributed by atoms with Gasteiger partial charge >= 0.3 is 0 Å². The molecule has 2 aromatic carbocycles. The Hall–Kier alpha value is -2.00. The summed E-state index contributed by atoms with van der Waals surface area (Å²) in [6.45, 7) is 3.41. The lowest BCUT2D eigenvalue weighted by Gasteiger charge is -2.33. The number of likely N-dealkylation sites (tertiary alicyclic amines) is 1. The molecular weight excluding hydrogens is 282 g/mol. The van der Waals surface area contributed by atoms with Gasteiger partial charge < -0.3 is 10.2 Å². The Morgan fingerprint density at radius 3 is 2.22 bits per heavy atom. The van der Waals surface area contributed by atoms with Crippen molar-refractivity contribution in [1.29, 1.82) is 0 Å². The predicted molar refractivity (Wildman–Crippen MR) is 99.1 cm³/mol. The van der Waals surface area contributed by atoms with Gasteiger partial charge in [0.05, 0.1) is 0 Å². The van der Waals surface area contributed by atoms with Crippen LogP contribution >= 0.6 is 0 Å². The highest BCUT2D eigenvalue weighted by Gasteiger charge is 2.18. The van der Waals surface area contributed by atoms with E-state index in [0.29, 0.717) is 6.04 Å². The van der Waals surface area contributed by atoms with E-state index in [2.05, 4.69) is 83.8 Å². The van der Waals surface area contributed by atoms with Crippen molar-refractivity contribution in [1.82, 2.24) is 4.90 Å². The largest absolute Gasteiger partial charge is 0.382 e. The Kier molecular flexibility index (Phi) is 5.19. The maximum Gasteiger partial charge on any atom is 0.0362 e. The molecule has 1 aliphatic heterocycles. The third kappa shape index (κ3) is 4.49. The van der Waals surface area contributed by atoms with Gasteiger partial charge in [-0.1, -0.05) is 30.3 Å². The Morgan fingerprint density at radius 2 is 1.61 bits per heavy atom. The van der Waals surface area contributed by atoms with Crippen LogP contribution in [0.3, 0.4) is 0 Å². The second kappa shape index (κ2) is 7.51. The number of benzene rings is 2. The summed E-state index contributed by atoms with van der Waals surface area (Å²) in [4.78, 5) is 4.69. The zero-order valence-electron chi connectivity index (χ0n) is 14.2. The van der Waals surface area contributed by atoms with Gasteiger partial charge in [-0.05, 0) is 42.7 Å². The molecule has 0 radical (unpaired) electrons. The van der Waals surface area contributed by atoms with Crippen LogP contribution in [0.2, 0.25) is 0 Å². The minimum atomic E-state index is 0.590. The predicted octanol–water partition coefficient (Wildman–Crippen LogP) is 3.83. The molecule has 0 amide bonds. The molecule has 0 bridgehead atoms. The van der Waals surface area contributed by atoms with Crippen molar-refractivity contribution in [3.05, 3.63) is 60.2 Å². The van der Waals surface area contributed by atoms with Gasteiger partial charge in [-0.15, -0.1) is 0 Å². The zero-order chi connectivity index (χ0) is 16.1. The number of hydrogen-bond donors (Lipinski definition) is 1. The van der Waals surface area contributed by atoms with E-state index in [1.807, 2.05) is 0 Å². The van der Waals surface area contributed by atoms with E-state index in [4.69, 9.17) is 0 Å². The molecule has 3 nitrogen and oxygen atoms in total. The fourth-order valence-corrected chi connectivity index (χ4v) is 3.17. The molecule has 1 heterocycles. The maximum atomic E-state index is 3.69. The quantitative estimate of drug-likeness (QED) is 0.905. The van der Waals surface area contributed by atoms with Crippen LogP contribution in [-0.4, -0.2) is 38.1 Å². The number of nitrogens with zero attached hydrogens (tertiary/aromatic N) is 2. The molecule has 1 N–H and O–H groups in total. The molecule has 2 aromatic rings. The standard InChI is InChI=1S/C20H27N3/c1-22(2)20-10-8-18(9-11-20)21-19-12-14-23(15-13-19)16-17-6-4-3-5-7-17/h3-11,19,21H,12-16H2,1-2H3. The molecule has 1 fully saturated rings. The SMILES string of the molecule is CN(C)c1ccc(NC2CCN(Cc3ccccc3)CC2)cc1. The van der Waals surface area contributed by atoms with Gasteiger partial charge in [-0.25, -0.2) is 0 Å². The van der Waals surface area contributed by atoms with Crippen LogP contribution in [0.15, 0.2) is 54.6 Å². The average molecular weight is 309 g/mol. The summed E-state index contributed by atoms with van der Waals surface area (Å²) in [5.41, 5.74) is 3.89. The van der Waals surface area contributed by atoms with Crippen molar-refractivity contribution < 1.29 is 0 Å². The van der Waals surface area contributed by atoms with E-state index in [1.165, 1.54) is 42.9 Å². The molecule has 122 valence electrons. The van der Waals surface area contributed by atoms with Gasteiger partial charge in [-0.3, -0.25) is 4.90 Å². The Balaban J connectivity index is 1.47. The van der Waals surface area contributed by atoms with Crippen molar-refractivity contribution in [3.8, 4) is 0 Å². The van der Waals surface area contributed by atoms with Crippen molar-refractivity contribution in [2.75, 3.05) is 37.4 Å². The molecule has 0 unspecified atom stereocenters. The summed E-state index contributed by atoms with van der Waals surface area (Å²) in [7, 11) is 4.15. The van der Waals surface area contributed by atoms with Crippen molar-refractivity contribution in [2.24, 2.45) is 0 Å². The smallest absolute Gasteiger partial charge is 0.0362 e. The fourth-order valence-electron chi connectivity index (χ4n) is 3.17. The number of nitrogens with one attached hydrogen (secondary N) is 1. The molecule has 23 heavy (non-hydrogen) atoms. The number of hydrogen-bond acceptors (Lipinski definition) is 3. The molecule has 3 rings (SSSR count). The monoisotopic (exact) mass is 309 g/mol. The van der Waals surface area contributed by atoms with Gasteiger partial charge in [0.2, 0.25) is 0 Å². The van der Waals surface area contributed by atoms with E-state index >= 15 is 0 Å². The molecule has 1 saturated heterocycles. The summed E-state index contributed by atoms with van der Waals surface area (Å²) in [6.07, 6.45) is 2.42. The normalized spacial score (nSPS) is 16.3. The molecule has 0 aliphatic carbocycles. The van der Waals surface area contributed by atoms with Crippen LogP contribution in [0.4, 0.5) is 11.4 Å². The lowest BCUT2D eigenvalue weighted by Crippen LogP contribution is -2.38. The molecule has 0 atom stereocenters. The molecule has 3 heteroatoms. The van der Waals surface area contributed by atoms with Crippen molar-refractivity contribution in [3.63, 3.8) is 0 Å². The Labute approximate surface area is 139 Å². The van der Waals surface area contributed by atoms with Crippen LogP contribution in [0.25, 0.3) is 0 Å². The Bertz CT molecular complexity index is 584. The van der Waals surface area contributed by atoms with E-state index < -0.39 is 0 Å². The third-order valence-corrected chi connectivity index (χ3v) is 4.59. The van der Waals surface area contributed by atoms with Gasteiger partial charge in [-0.2, -0.15) is 0 Å². The second-order valence-electron chi connectivity index (χ2n) is 6.62. The number of anilines is 2. The molecule has 0 spiro atoms. The molecule has 0 aromatic heterocycles. The van der Waals surface area contributed by atoms with Gasteiger partial charge in [0.25, 0.3) is 0 Å². The molecule has 1 aliphatic rings. The first kappa shape index (κ1) is 15.9. The average Bonchev–Trinajstić information content (AvgIpc) is 2.58. The van der Waals surface area contributed by atoms with E-state index in [0.717, 1.165) is 6.54 Å². The summed E-state index contributed by atoms with van der Waals surface area (Å²) in [5, 5.41) is 3.69. The highest BCUT2D eigenvalue weighted by atomic mass is 15.1. The highest BCUT2D eigenvalue weighted by molar-refractivity contribution is 5.54. The first-order chi connectivity index (χ1) is 11.2. The van der Waals surface area contributed by atoms with Crippen LogP contribution in [0, 0.1) is 0 Å². The lowest BCUT2D eigenvalue weighted by molar-refractivity contribution is 0.211. The fraction of sp³-hybridized carbons (Fsp3) is 0.400. The van der Waals surface area contributed by atoms with Crippen LogP contribution in [0.5, 0.6) is 0 Å². The summed E-state index contributed by atoms with van der Waals surface area (Å²) in [6, 6.07) is 20.1. The first-order valence-electron chi connectivity index (χ1n) is 8.51. The van der Waals surface area contributed by atoms with Crippen LogP contribution in [-0.2, 0) is 6.54 Å². The third-order valence-electron chi connectivity index (χ3n) is 4.59. The molecular formula is C20H27N3. The van der Waals surface area contributed by atoms with Crippen LogP contribution < -0.4 is 10.2 Å². The summed E-state index contributed by atoms with van der Waals surface area (Å²) in [5.74, 6) is 0. The number of piperidine rings is 1. The van der Waals surface area contributed by atoms with Gasteiger partial charge in [0.1, 0.15) is 0 Å².